The van der Waals surface area contributed by atoms with E-state index >= 15 is 0 Å². The fourth-order valence-corrected chi connectivity index (χ4v) is 4.06. The monoisotopic (exact) mass is 530 g/mol. The van der Waals surface area contributed by atoms with E-state index < -0.39 is 18.0 Å². The van der Waals surface area contributed by atoms with Gasteiger partial charge in [-0.25, -0.2) is 4.79 Å². The second-order valence-corrected chi connectivity index (χ2v) is 9.04. The molecular weight excluding hydrogens is 504 g/mol. The number of benzene rings is 4. The van der Waals surface area contributed by atoms with Crippen LogP contribution in [0.2, 0.25) is 5.02 Å². The number of nitrogens with one attached hydrogen (secondary N) is 2. The van der Waals surface area contributed by atoms with Crippen LogP contribution in [0.4, 0.5) is 5.69 Å². The van der Waals surface area contributed by atoms with Crippen molar-refractivity contribution in [1.29, 1.82) is 0 Å². The molecule has 0 unspecified atom stereocenters. The van der Waals surface area contributed by atoms with Gasteiger partial charge in [0.1, 0.15) is 11.5 Å². The molecule has 1 atom stereocenters. The predicted molar refractivity (Wildman–Crippen MR) is 147 cm³/mol. The molecule has 0 aliphatic rings. The van der Waals surface area contributed by atoms with Crippen molar-refractivity contribution in [2.24, 2.45) is 0 Å². The maximum Gasteiger partial charge on any atom is 0.337 e. The molecule has 0 spiro atoms. The van der Waals surface area contributed by atoms with Crippen molar-refractivity contribution in [3.05, 3.63) is 124 Å². The van der Waals surface area contributed by atoms with Gasteiger partial charge in [-0.3, -0.25) is 4.79 Å². The highest BCUT2D eigenvalue weighted by atomic mass is 35.5. The number of carboxylic acids is 1. The van der Waals surface area contributed by atoms with Gasteiger partial charge in [0, 0.05) is 17.1 Å². The molecule has 194 valence electrons. The lowest BCUT2D eigenvalue weighted by Gasteiger charge is -2.13. The van der Waals surface area contributed by atoms with Crippen LogP contribution in [0, 0.1) is 0 Å². The molecule has 0 radical (unpaired) electrons. The molecule has 4 aromatic carbocycles. The maximum absolute atomic E-state index is 12.5. The smallest absolute Gasteiger partial charge is 0.337 e. The summed E-state index contributed by atoms with van der Waals surface area (Å²) in [6.07, 6.45) is 0.0388. The summed E-state index contributed by atoms with van der Waals surface area (Å²) in [4.78, 5) is 24.3. The largest absolute Gasteiger partial charge is 0.478 e. The van der Waals surface area contributed by atoms with E-state index in [1.54, 1.807) is 60.7 Å². The number of ether oxygens (including phenoxy) is 1. The first-order valence-electron chi connectivity index (χ1n) is 12.0. The quantitative estimate of drug-likeness (QED) is 0.178. The summed E-state index contributed by atoms with van der Waals surface area (Å²) in [7, 11) is 0. The molecule has 4 rings (SSSR count). The molecule has 0 heterocycles. The summed E-state index contributed by atoms with van der Waals surface area (Å²) < 4.78 is 5.92. The highest BCUT2D eigenvalue weighted by Gasteiger charge is 2.15. The predicted octanol–water partition coefficient (Wildman–Crippen LogP) is 5.95. The van der Waals surface area contributed by atoms with Crippen LogP contribution in [-0.2, 0) is 6.42 Å². The van der Waals surface area contributed by atoms with Crippen LogP contribution in [0.15, 0.2) is 97.1 Å². The summed E-state index contributed by atoms with van der Waals surface area (Å²) in [6.45, 7) is 1.03. The van der Waals surface area contributed by atoms with Crippen LogP contribution < -0.4 is 15.4 Å². The number of carbonyl (C=O) groups is 2. The van der Waals surface area contributed by atoms with Crippen LogP contribution in [0.1, 0.15) is 37.9 Å². The first-order valence-corrected chi connectivity index (χ1v) is 12.4. The lowest BCUT2D eigenvalue weighted by atomic mass is 10.1. The number of aromatic carboxylic acids is 1. The van der Waals surface area contributed by atoms with Crippen molar-refractivity contribution in [3.8, 4) is 11.5 Å². The van der Waals surface area contributed by atoms with E-state index in [0.29, 0.717) is 41.6 Å². The van der Waals surface area contributed by atoms with Crippen molar-refractivity contribution < 1.29 is 24.5 Å². The average molecular weight is 531 g/mol. The molecule has 4 aromatic rings. The molecule has 0 aliphatic carbocycles. The molecule has 0 fully saturated rings. The lowest BCUT2D eigenvalue weighted by Crippen LogP contribution is -2.23. The molecule has 7 nitrogen and oxygen atoms in total. The Balaban J connectivity index is 1.35. The normalized spacial score (nSPS) is 11.5. The lowest BCUT2D eigenvalue weighted by molar-refractivity contribution is 0.0697. The Labute approximate surface area is 225 Å². The maximum atomic E-state index is 12.5. The molecule has 4 N–H and O–H groups in total. The fourth-order valence-electron chi connectivity index (χ4n) is 3.86. The van der Waals surface area contributed by atoms with Gasteiger partial charge in [-0.2, -0.15) is 0 Å². The van der Waals surface area contributed by atoms with Gasteiger partial charge < -0.3 is 25.6 Å². The third kappa shape index (κ3) is 7.43. The zero-order chi connectivity index (χ0) is 26.9. The Morgan fingerprint density at radius 3 is 2.39 bits per heavy atom. The number of carboxylic acid groups (broad SMARTS) is 1. The van der Waals surface area contributed by atoms with Crippen LogP contribution in [0.5, 0.6) is 11.5 Å². The zero-order valence-corrected chi connectivity index (χ0v) is 21.2. The average Bonchev–Trinajstić information content (AvgIpc) is 2.92. The Morgan fingerprint density at radius 2 is 1.63 bits per heavy atom. The summed E-state index contributed by atoms with van der Waals surface area (Å²) in [5.41, 5.74) is 2.29. The van der Waals surface area contributed by atoms with Gasteiger partial charge in [-0.1, -0.05) is 54.1 Å². The number of aliphatic hydroxyl groups excluding tert-OH is 1. The summed E-state index contributed by atoms with van der Waals surface area (Å²) in [6, 6.07) is 27.7. The van der Waals surface area contributed by atoms with Gasteiger partial charge in [0.2, 0.25) is 0 Å². The van der Waals surface area contributed by atoms with E-state index in [-0.39, 0.29) is 11.3 Å². The minimum atomic E-state index is -1.18. The van der Waals surface area contributed by atoms with Crippen molar-refractivity contribution in [3.63, 3.8) is 0 Å². The van der Waals surface area contributed by atoms with Gasteiger partial charge in [0.05, 0.1) is 17.4 Å². The van der Waals surface area contributed by atoms with Gasteiger partial charge in [0.25, 0.3) is 5.91 Å². The van der Waals surface area contributed by atoms with E-state index in [0.717, 1.165) is 11.1 Å². The molecule has 8 heteroatoms. The minimum absolute atomic E-state index is 0.0783. The second kappa shape index (κ2) is 12.9. The SMILES string of the molecule is O=C(Nc1ccc(Oc2cccc(CCNC[C@H](O)c3cccc(Cl)c3)c2)cc1C(=O)O)c1ccccc1. The van der Waals surface area contributed by atoms with E-state index in [9.17, 15) is 19.8 Å². The van der Waals surface area contributed by atoms with E-state index in [1.165, 1.54) is 12.1 Å². The second-order valence-electron chi connectivity index (χ2n) is 8.61. The number of carbonyl (C=O) groups excluding carboxylic acids is 1. The number of aliphatic hydroxyl groups is 1. The van der Waals surface area contributed by atoms with Crippen molar-refractivity contribution >= 4 is 29.2 Å². The Bertz CT molecular complexity index is 1410. The molecule has 0 saturated carbocycles. The highest BCUT2D eigenvalue weighted by Crippen LogP contribution is 2.28. The molecular formula is C30H27ClN2O5. The van der Waals surface area contributed by atoms with Gasteiger partial charge in [-0.15, -0.1) is 0 Å². The van der Waals surface area contributed by atoms with Crippen molar-refractivity contribution in [2.75, 3.05) is 18.4 Å². The van der Waals surface area contributed by atoms with Crippen molar-refractivity contribution in [2.45, 2.75) is 12.5 Å². The Kier molecular flexibility index (Phi) is 9.11. The standard InChI is InChI=1S/C30H27ClN2O5/c31-23-10-5-9-22(17-23)28(34)19-32-15-14-20-6-4-11-24(16-20)38-25-12-13-27(26(18-25)30(36)37)33-29(35)21-7-2-1-3-8-21/h1-13,16-18,28,32,34H,14-15,19H2,(H,33,35)(H,36,37)/t28-/m0/s1. The highest BCUT2D eigenvalue weighted by molar-refractivity contribution is 6.30. The minimum Gasteiger partial charge on any atom is -0.478 e. The van der Waals surface area contributed by atoms with Gasteiger partial charge in [0.15, 0.2) is 0 Å². The topological polar surface area (TPSA) is 108 Å². The fraction of sp³-hybridized carbons (Fsp3) is 0.133. The summed E-state index contributed by atoms with van der Waals surface area (Å²) in [5.74, 6) is -0.694. The number of amides is 1. The van der Waals surface area contributed by atoms with Gasteiger partial charge in [-0.05, 0) is 78.7 Å². The number of halogens is 1. The number of rotatable bonds is 11. The molecule has 0 aromatic heterocycles. The Morgan fingerprint density at radius 1 is 0.868 bits per heavy atom. The first kappa shape index (κ1) is 26.9. The third-order valence-electron chi connectivity index (χ3n) is 5.80. The van der Waals surface area contributed by atoms with E-state index in [2.05, 4.69) is 10.6 Å². The summed E-state index contributed by atoms with van der Waals surface area (Å²) in [5, 5.41) is 26.5. The zero-order valence-electron chi connectivity index (χ0n) is 20.4. The van der Waals surface area contributed by atoms with Crippen LogP contribution in [0.3, 0.4) is 0 Å². The molecule has 0 aliphatic heterocycles. The van der Waals surface area contributed by atoms with Crippen LogP contribution in [-0.4, -0.2) is 35.2 Å². The third-order valence-corrected chi connectivity index (χ3v) is 6.04. The van der Waals surface area contributed by atoms with E-state index in [4.69, 9.17) is 16.3 Å². The first-order chi connectivity index (χ1) is 18.4. The molecule has 38 heavy (non-hydrogen) atoms. The Hall–Kier alpha value is -4.17. The van der Waals surface area contributed by atoms with Crippen molar-refractivity contribution in [1.82, 2.24) is 5.32 Å². The molecule has 1 amide bonds. The number of anilines is 1. The van der Waals surface area contributed by atoms with E-state index in [1.807, 2.05) is 24.3 Å². The van der Waals surface area contributed by atoms with Crippen LogP contribution in [0.25, 0.3) is 0 Å². The van der Waals surface area contributed by atoms with Gasteiger partial charge >= 0.3 is 5.97 Å². The number of hydrogen-bond donors (Lipinski definition) is 4. The molecule has 0 bridgehead atoms. The van der Waals surface area contributed by atoms with Crippen LogP contribution >= 0.6 is 11.6 Å². The number of hydrogen-bond acceptors (Lipinski definition) is 5. The molecule has 0 saturated heterocycles. The summed E-state index contributed by atoms with van der Waals surface area (Å²) >= 11 is 5.99.